The van der Waals surface area contributed by atoms with E-state index in [9.17, 15) is 4.79 Å². The van der Waals surface area contributed by atoms with E-state index in [-0.39, 0.29) is 5.56 Å². The van der Waals surface area contributed by atoms with Crippen molar-refractivity contribution in [2.45, 2.75) is 13.3 Å². The number of nitrogens with two attached hydrogens (primary N) is 1. The SMILES string of the molecule is Cc1ccc(-c2cnc(CCN)[nH]c2=O)cc1. The third-order valence-electron chi connectivity index (χ3n) is 2.60. The van der Waals surface area contributed by atoms with E-state index in [1.54, 1.807) is 6.20 Å². The Kier molecular flexibility index (Phi) is 3.35. The molecule has 1 aromatic carbocycles. The highest BCUT2D eigenvalue weighted by Gasteiger charge is 2.04. The highest BCUT2D eigenvalue weighted by molar-refractivity contribution is 5.61. The lowest BCUT2D eigenvalue weighted by atomic mass is 10.1. The molecule has 0 bridgehead atoms. The summed E-state index contributed by atoms with van der Waals surface area (Å²) in [5.74, 6) is 0.633. The van der Waals surface area contributed by atoms with Crippen LogP contribution < -0.4 is 11.3 Å². The zero-order valence-electron chi connectivity index (χ0n) is 9.73. The number of aromatic nitrogens is 2. The lowest BCUT2D eigenvalue weighted by Crippen LogP contribution is -2.16. The van der Waals surface area contributed by atoms with Crippen molar-refractivity contribution in [2.75, 3.05) is 6.54 Å². The van der Waals surface area contributed by atoms with Gasteiger partial charge >= 0.3 is 0 Å². The maximum Gasteiger partial charge on any atom is 0.258 e. The van der Waals surface area contributed by atoms with Gasteiger partial charge in [0.1, 0.15) is 5.82 Å². The Morgan fingerprint density at radius 1 is 1.29 bits per heavy atom. The predicted octanol–water partition coefficient (Wildman–Crippen LogP) is 1.25. The molecule has 4 heteroatoms. The third kappa shape index (κ3) is 2.60. The second-order valence-corrected chi connectivity index (χ2v) is 3.98. The van der Waals surface area contributed by atoms with E-state index in [1.807, 2.05) is 31.2 Å². The molecule has 17 heavy (non-hydrogen) atoms. The standard InChI is InChI=1S/C13H15N3O/c1-9-2-4-10(5-3-9)11-8-15-12(6-7-14)16-13(11)17/h2-5,8H,6-7,14H2,1H3,(H,15,16,17). The van der Waals surface area contributed by atoms with Crippen molar-refractivity contribution in [3.05, 3.63) is 52.2 Å². The number of aryl methyl sites for hydroxylation is 1. The predicted molar refractivity (Wildman–Crippen MR) is 67.8 cm³/mol. The summed E-state index contributed by atoms with van der Waals surface area (Å²) in [5.41, 5.74) is 7.93. The molecule has 0 spiro atoms. The first-order valence-corrected chi connectivity index (χ1v) is 5.56. The molecule has 2 rings (SSSR count). The van der Waals surface area contributed by atoms with Crippen molar-refractivity contribution in [3.8, 4) is 11.1 Å². The smallest absolute Gasteiger partial charge is 0.258 e. The van der Waals surface area contributed by atoms with Gasteiger partial charge < -0.3 is 10.7 Å². The fraction of sp³-hybridized carbons (Fsp3) is 0.231. The van der Waals surface area contributed by atoms with Gasteiger partial charge in [0.25, 0.3) is 5.56 Å². The van der Waals surface area contributed by atoms with Crippen LogP contribution in [0.1, 0.15) is 11.4 Å². The molecule has 0 aliphatic rings. The lowest BCUT2D eigenvalue weighted by molar-refractivity contribution is 0.857. The van der Waals surface area contributed by atoms with Gasteiger partial charge in [-0.25, -0.2) is 4.98 Å². The van der Waals surface area contributed by atoms with Crippen LogP contribution in [0.4, 0.5) is 0 Å². The third-order valence-corrected chi connectivity index (χ3v) is 2.60. The van der Waals surface area contributed by atoms with Crippen LogP contribution >= 0.6 is 0 Å². The Hall–Kier alpha value is -1.94. The Morgan fingerprint density at radius 2 is 2.00 bits per heavy atom. The van der Waals surface area contributed by atoms with Crippen molar-refractivity contribution < 1.29 is 0 Å². The maximum atomic E-state index is 11.9. The second kappa shape index (κ2) is 4.93. The highest BCUT2D eigenvalue weighted by Crippen LogP contribution is 2.14. The van der Waals surface area contributed by atoms with E-state index in [0.29, 0.717) is 24.4 Å². The number of nitrogens with zero attached hydrogens (tertiary/aromatic N) is 1. The summed E-state index contributed by atoms with van der Waals surface area (Å²) in [6, 6.07) is 7.79. The summed E-state index contributed by atoms with van der Waals surface area (Å²) < 4.78 is 0. The van der Waals surface area contributed by atoms with Crippen LogP contribution in [-0.2, 0) is 6.42 Å². The monoisotopic (exact) mass is 229 g/mol. The normalized spacial score (nSPS) is 10.5. The molecular weight excluding hydrogens is 214 g/mol. The summed E-state index contributed by atoms with van der Waals surface area (Å²) in [7, 11) is 0. The molecule has 0 saturated heterocycles. The zero-order chi connectivity index (χ0) is 12.3. The summed E-state index contributed by atoms with van der Waals surface area (Å²) in [5, 5.41) is 0. The first kappa shape index (κ1) is 11.5. The first-order valence-electron chi connectivity index (χ1n) is 5.56. The van der Waals surface area contributed by atoms with Crippen LogP contribution in [0.25, 0.3) is 11.1 Å². The molecule has 3 N–H and O–H groups in total. The van der Waals surface area contributed by atoms with Gasteiger partial charge in [-0.2, -0.15) is 0 Å². The summed E-state index contributed by atoms with van der Waals surface area (Å²) >= 11 is 0. The van der Waals surface area contributed by atoms with Gasteiger partial charge in [0.15, 0.2) is 0 Å². The molecule has 1 aromatic heterocycles. The van der Waals surface area contributed by atoms with Crippen LogP contribution in [0.2, 0.25) is 0 Å². The highest BCUT2D eigenvalue weighted by atomic mass is 16.1. The van der Waals surface area contributed by atoms with Gasteiger partial charge in [-0.15, -0.1) is 0 Å². The minimum Gasteiger partial charge on any atom is -0.330 e. The molecule has 0 amide bonds. The number of benzene rings is 1. The molecule has 0 unspecified atom stereocenters. The minimum atomic E-state index is -0.118. The quantitative estimate of drug-likeness (QED) is 0.832. The molecule has 0 aliphatic heterocycles. The van der Waals surface area contributed by atoms with Gasteiger partial charge in [-0.05, 0) is 19.0 Å². The van der Waals surface area contributed by atoms with Crippen molar-refractivity contribution in [1.82, 2.24) is 9.97 Å². The number of hydrogen-bond acceptors (Lipinski definition) is 3. The van der Waals surface area contributed by atoms with Gasteiger partial charge in [-0.1, -0.05) is 29.8 Å². The van der Waals surface area contributed by atoms with E-state index in [4.69, 9.17) is 5.73 Å². The van der Waals surface area contributed by atoms with E-state index in [2.05, 4.69) is 9.97 Å². The van der Waals surface area contributed by atoms with Gasteiger partial charge in [0, 0.05) is 12.6 Å². The number of rotatable bonds is 3. The van der Waals surface area contributed by atoms with Crippen molar-refractivity contribution in [1.29, 1.82) is 0 Å². The molecule has 1 heterocycles. The zero-order valence-corrected chi connectivity index (χ0v) is 9.73. The molecule has 4 nitrogen and oxygen atoms in total. The molecular formula is C13H15N3O. The fourth-order valence-electron chi connectivity index (χ4n) is 1.63. The van der Waals surface area contributed by atoms with Gasteiger partial charge in [0.2, 0.25) is 0 Å². The average Bonchev–Trinajstić information content (AvgIpc) is 2.31. The minimum absolute atomic E-state index is 0.118. The number of H-pyrrole nitrogens is 1. The lowest BCUT2D eigenvalue weighted by Gasteiger charge is -2.03. The maximum absolute atomic E-state index is 11.9. The van der Waals surface area contributed by atoms with Crippen LogP contribution in [0.3, 0.4) is 0 Å². The molecule has 0 radical (unpaired) electrons. The second-order valence-electron chi connectivity index (χ2n) is 3.98. The van der Waals surface area contributed by atoms with Crippen LogP contribution in [0, 0.1) is 6.92 Å². The molecule has 0 saturated carbocycles. The summed E-state index contributed by atoms with van der Waals surface area (Å²) in [4.78, 5) is 18.8. The van der Waals surface area contributed by atoms with Crippen LogP contribution in [0.15, 0.2) is 35.3 Å². The van der Waals surface area contributed by atoms with E-state index in [0.717, 1.165) is 11.1 Å². The molecule has 0 aliphatic carbocycles. The molecule has 0 fully saturated rings. The number of nitrogens with one attached hydrogen (secondary N) is 1. The first-order chi connectivity index (χ1) is 8.20. The van der Waals surface area contributed by atoms with Crippen LogP contribution in [-0.4, -0.2) is 16.5 Å². The molecule has 0 atom stereocenters. The fourth-order valence-corrected chi connectivity index (χ4v) is 1.63. The largest absolute Gasteiger partial charge is 0.330 e. The topological polar surface area (TPSA) is 71.8 Å². The molecule has 88 valence electrons. The van der Waals surface area contributed by atoms with Gasteiger partial charge in [0.05, 0.1) is 5.56 Å². The van der Waals surface area contributed by atoms with Crippen LogP contribution in [0.5, 0.6) is 0 Å². The number of aromatic amines is 1. The summed E-state index contributed by atoms with van der Waals surface area (Å²) in [6.07, 6.45) is 2.19. The Morgan fingerprint density at radius 3 is 2.59 bits per heavy atom. The van der Waals surface area contributed by atoms with Crippen molar-refractivity contribution in [2.24, 2.45) is 5.73 Å². The van der Waals surface area contributed by atoms with Gasteiger partial charge in [-0.3, -0.25) is 4.79 Å². The Bertz CT molecular complexity index is 558. The Labute approximate surface area is 99.5 Å². The van der Waals surface area contributed by atoms with Crippen molar-refractivity contribution >= 4 is 0 Å². The van der Waals surface area contributed by atoms with E-state index < -0.39 is 0 Å². The van der Waals surface area contributed by atoms with E-state index in [1.165, 1.54) is 0 Å². The van der Waals surface area contributed by atoms with E-state index >= 15 is 0 Å². The Balaban J connectivity index is 2.40. The van der Waals surface area contributed by atoms with Crippen molar-refractivity contribution in [3.63, 3.8) is 0 Å². The average molecular weight is 229 g/mol. The summed E-state index contributed by atoms with van der Waals surface area (Å²) in [6.45, 7) is 2.49. The molecule has 2 aromatic rings. The number of hydrogen-bond donors (Lipinski definition) is 2.